The van der Waals surface area contributed by atoms with Crippen LogP contribution in [0.4, 0.5) is 11.6 Å². The summed E-state index contributed by atoms with van der Waals surface area (Å²) in [5.41, 5.74) is 2.24. The van der Waals surface area contributed by atoms with Crippen molar-refractivity contribution in [3.8, 4) is 0 Å². The van der Waals surface area contributed by atoms with Gasteiger partial charge in [-0.3, -0.25) is 19.9 Å². The van der Waals surface area contributed by atoms with Crippen molar-refractivity contribution in [3.05, 3.63) is 56.5 Å². The first-order valence-corrected chi connectivity index (χ1v) is 5.11. The van der Waals surface area contributed by atoms with E-state index in [1.807, 2.05) is 0 Å². The molecule has 0 aliphatic rings. The Morgan fingerprint density at radius 3 is 2.95 bits per heavy atom. The Labute approximate surface area is 106 Å². The molecule has 96 valence electrons. The molecule has 0 spiro atoms. The van der Waals surface area contributed by atoms with Crippen LogP contribution in [0.25, 0.3) is 0 Å². The lowest BCUT2D eigenvalue weighted by atomic mass is 10.2. The molecule has 2 N–H and O–H groups in total. The highest BCUT2D eigenvalue weighted by molar-refractivity contribution is 5.85. The second-order valence-electron chi connectivity index (χ2n) is 3.37. The zero-order chi connectivity index (χ0) is 13.7. The average Bonchev–Trinajstić information content (AvgIpc) is 2.39. The number of hydrogen-bond donors (Lipinski definition) is 2. The normalized spacial score (nSPS) is 10.5. The van der Waals surface area contributed by atoms with Gasteiger partial charge in [-0.15, -0.1) is 10.2 Å². The van der Waals surface area contributed by atoms with Gasteiger partial charge in [0.1, 0.15) is 6.20 Å². The highest BCUT2D eigenvalue weighted by Gasteiger charge is 2.09. The number of nitro groups is 1. The number of nitrogens with one attached hydrogen (secondary N) is 2. The Kier molecular flexibility index (Phi) is 3.57. The van der Waals surface area contributed by atoms with E-state index in [0.717, 1.165) is 6.20 Å². The summed E-state index contributed by atoms with van der Waals surface area (Å²) >= 11 is 0. The highest BCUT2D eigenvalue weighted by Crippen LogP contribution is 2.15. The summed E-state index contributed by atoms with van der Waals surface area (Å²) in [5.74, 6) is 0.0438. The maximum absolute atomic E-state index is 10.9. The molecule has 0 fully saturated rings. The molecule has 0 aliphatic heterocycles. The van der Waals surface area contributed by atoms with E-state index in [-0.39, 0.29) is 11.6 Å². The van der Waals surface area contributed by atoms with E-state index >= 15 is 0 Å². The molecule has 2 rings (SSSR count). The third-order valence-corrected chi connectivity index (χ3v) is 2.08. The summed E-state index contributed by atoms with van der Waals surface area (Å²) in [6.45, 7) is 0. The van der Waals surface area contributed by atoms with Gasteiger partial charge in [-0.05, 0) is 6.07 Å². The number of rotatable bonds is 4. The Hall–Kier alpha value is -3.10. The zero-order valence-corrected chi connectivity index (χ0v) is 9.48. The average molecular weight is 260 g/mol. The summed E-state index contributed by atoms with van der Waals surface area (Å²) < 4.78 is 0. The van der Waals surface area contributed by atoms with Gasteiger partial charge in [-0.1, -0.05) is 12.1 Å². The molecular formula is C10H8N6O3. The molecule has 1 aromatic carbocycles. The van der Waals surface area contributed by atoms with Crippen LogP contribution in [0.15, 0.2) is 40.4 Å². The molecule has 0 atom stereocenters. The van der Waals surface area contributed by atoms with Crippen LogP contribution in [-0.4, -0.2) is 26.3 Å². The van der Waals surface area contributed by atoms with Crippen LogP contribution in [0.1, 0.15) is 5.56 Å². The van der Waals surface area contributed by atoms with Gasteiger partial charge in [-0.25, -0.2) is 5.43 Å². The summed E-state index contributed by atoms with van der Waals surface area (Å²) in [6, 6.07) is 6.12. The number of benzene rings is 1. The van der Waals surface area contributed by atoms with Crippen molar-refractivity contribution >= 4 is 17.9 Å². The van der Waals surface area contributed by atoms with Crippen LogP contribution in [0, 0.1) is 10.1 Å². The summed E-state index contributed by atoms with van der Waals surface area (Å²) in [4.78, 5) is 23.5. The molecule has 0 aliphatic carbocycles. The lowest BCUT2D eigenvalue weighted by molar-refractivity contribution is -0.385. The first kappa shape index (κ1) is 12.4. The zero-order valence-electron chi connectivity index (χ0n) is 9.48. The van der Waals surface area contributed by atoms with Crippen LogP contribution in [0.2, 0.25) is 0 Å². The second-order valence-corrected chi connectivity index (χ2v) is 3.37. The van der Waals surface area contributed by atoms with E-state index in [0.29, 0.717) is 5.56 Å². The molecule has 2 aromatic rings. The Morgan fingerprint density at radius 1 is 1.42 bits per heavy atom. The van der Waals surface area contributed by atoms with E-state index in [4.69, 9.17) is 0 Å². The van der Waals surface area contributed by atoms with Crippen LogP contribution in [0.5, 0.6) is 0 Å². The largest absolute Gasteiger partial charge is 0.289 e. The van der Waals surface area contributed by atoms with Gasteiger partial charge in [0.25, 0.3) is 11.2 Å². The molecule has 1 heterocycles. The lowest BCUT2D eigenvalue weighted by Crippen LogP contribution is -2.10. The fourth-order valence-electron chi connectivity index (χ4n) is 1.29. The van der Waals surface area contributed by atoms with Gasteiger partial charge < -0.3 is 0 Å². The third-order valence-electron chi connectivity index (χ3n) is 2.08. The first-order valence-electron chi connectivity index (χ1n) is 5.11. The molecule has 0 radical (unpaired) electrons. The number of hydrazone groups is 1. The monoisotopic (exact) mass is 260 g/mol. The van der Waals surface area contributed by atoms with Crippen LogP contribution < -0.4 is 11.0 Å². The molecule has 1 aromatic heterocycles. The molecule has 0 unspecified atom stereocenters. The molecule has 9 nitrogen and oxygen atoms in total. The Balaban J connectivity index is 2.15. The molecule has 19 heavy (non-hydrogen) atoms. The molecule has 0 amide bonds. The lowest BCUT2D eigenvalue weighted by Gasteiger charge is -1.97. The SMILES string of the molecule is O=c1cnnc(N/N=C\c2ccccc2[N+](=O)[O-])[nH]1. The van der Waals surface area contributed by atoms with Crippen molar-refractivity contribution in [1.29, 1.82) is 0 Å². The minimum atomic E-state index is -0.508. The topological polar surface area (TPSA) is 126 Å². The van der Waals surface area contributed by atoms with Crippen molar-refractivity contribution in [2.24, 2.45) is 5.10 Å². The van der Waals surface area contributed by atoms with Gasteiger partial charge in [0.2, 0.25) is 5.95 Å². The molecular weight excluding hydrogens is 252 g/mol. The quantitative estimate of drug-likeness (QED) is 0.468. The van der Waals surface area contributed by atoms with Crippen LogP contribution in [0.3, 0.4) is 0 Å². The van der Waals surface area contributed by atoms with Crippen molar-refractivity contribution in [2.45, 2.75) is 0 Å². The third kappa shape index (κ3) is 3.19. The van der Waals surface area contributed by atoms with E-state index in [1.165, 1.54) is 12.3 Å². The Morgan fingerprint density at radius 2 is 2.21 bits per heavy atom. The minimum absolute atomic E-state index is 0.0438. The van der Waals surface area contributed by atoms with Gasteiger partial charge in [-0.2, -0.15) is 5.10 Å². The van der Waals surface area contributed by atoms with Crippen molar-refractivity contribution < 1.29 is 4.92 Å². The predicted molar refractivity (Wildman–Crippen MR) is 67.0 cm³/mol. The molecule has 0 saturated carbocycles. The first-order chi connectivity index (χ1) is 9.16. The van der Waals surface area contributed by atoms with Gasteiger partial charge in [0.05, 0.1) is 16.7 Å². The number of aromatic nitrogens is 3. The maximum atomic E-state index is 10.9. The predicted octanol–water partition coefficient (Wildman–Crippen LogP) is 0.519. The number of nitro benzene ring substituents is 1. The van der Waals surface area contributed by atoms with E-state index in [1.54, 1.807) is 18.2 Å². The van der Waals surface area contributed by atoms with Crippen molar-refractivity contribution in [1.82, 2.24) is 15.2 Å². The van der Waals surface area contributed by atoms with Crippen molar-refractivity contribution in [2.75, 3.05) is 5.43 Å². The number of aromatic amines is 1. The molecule has 9 heteroatoms. The Bertz CT molecular complexity index is 681. The van der Waals surface area contributed by atoms with Gasteiger partial charge in [0.15, 0.2) is 0 Å². The summed E-state index contributed by atoms with van der Waals surface area (Å²) in [7, 11) is 0. The minimum Gasteiger partial charge on any atom is -0.289 e. The van der Waals surface area contributed by atoms with E-state index in [9.17, 15) is 14.9 Å². The van der Waals surface area contributed by atoms with Gasteiger partial charge >= 0.3 is 0 Å². The number of para-hydroxylation sites is 1. The fourth-order valence-corrected chi connectivity index (χ4v) is 1.29. The molecule has 0 bridgehead atoms. The number of anilines is 1. The van der Waals surface area contributed by atoms with Gasteiger partial charge in [0, 0.05) is 6.07 Å². The maximum Gasteiger partial charge on any atom is 0.278 e. The van der Waals surface area contributed by atoms with Crippen molar-refractivity contribution in [3.63, 3.8) is 0 Å². The smallest absolute Gasteiger partial charge is 0.278 e. The van der Waals surface area contributed by atoms with Crippen LogP contribution >= 0.6 is 0 Å². The number of H-pyrrole nitrogens is 1. The highest BCUT2D eigenvalue weighted by atomic mass is 16.6. The fraction of sp³-hybridized carbons (Fsp3) is 0. The van der Waals surface area contributed by atoms with E-state index < -0.39 is 10.5 Å². The standard InChI is InChI=1S/C10H8N6O3/c17-9-6-12-15-10(13-9)14-11-5-7-3-1-2-4-8(7)16(18)19/h1-6H,(H2,13,14,15,17)/b11-5-. The van der Waals surface area contributed by atoms with E-state index in [2.05, 4.69) is 25.7 Å². The van der Waals surface area contributed by atoms with Crippen LogP contribution in [-0.2, 0) is 0 Å². The summed E-state index contributed by atoms with van der Waals surface area (Å²) in [6.07, 6.45) is 2.27. The summed E-state index contributed by atoms with van der Waals surface area (Å²) in [5, 5.41) is 21.5. The number of hydrogen-bond acceptors (Lipinski definition) is 7. The molecule has 0 saturated heterocycles. The second kappa shape index (κ2) is 5.49. The number of nitrogens with zero attached hydrogens (tertiary/aromatic N) is 4.